The van der Waals surface area contributed by atoms with Crippen LogP contribution in [0.3, 0.4) is 0 Å². The lowest BCUT2D eigenvalue weighted by Crippen LogP contribution is -2.57. The lowest BCUT2D eigenvalue weighted by molar-refractivity contribution is -0.133. The van der Waals surface area contributed by atoms with Crippen molar-refractivity contribution in [2.45, 2.75) is 56.5 Å². The van der Waals surface area contributed by atoms with Gasteiger partial charge < -0.3 is 42.7 Å². The minimum Gasteiger partial charge on any atom is -0.508 e. The molecule has 3 aromatic rings. The van der Waals surface area contributed by atoms with Crippen LogP contribution in [0.5, 0.6) is 11.5 Å². The number of carbonyl (C=O) groups excluding carboxylic acids is 3. The molecule has 222 valence electrons. The molecule has 42 heavy (non-hydrogen) atoms. The van der Waals surface area contributed by atoms with Crippen LogP contribution < -0.4 is 27.4 Å². The third kappa shape index (κ3) is 7.43. The molecule has 3 amide bonds. The van der Waals surface area contributed by atoms with E-state index in [2.05, 4.69) is 16.0 Å². The monoisotopic (exact) mass is 575 g/mol. The van der Waals surface area contributed by atoms with E-state index in [0.717, 1.165) is 5.56 Å². The number of amides is 3. The van der Waals surface area contributed by atoms with Gasteiger partial charge in [0.25, 0.3) is 0 Å². The van der Waals surface area contributed by atoms with Gasteiger partial charge in [0.15, 0.2) is 0 Å². The molecule has 10 N–H and O–H groups in total. The normalized spacial score (nSPS) is 20.7. The number of hydrogen-bond acceptors (Lipinski definition) is 8. The predicted octanol–water partition coefficient (Wildman–Crippen LogP) is 0.747. The van der Waals surface area contributed by atoms with Crippen molar-refractivity contribution in [3.63, 3.8) is 0 Å². The van der Waals surface area contributed by atoms with E-state index in [-0.39, 0.29) is 37.3 Å². The Balaban J connectivity index is 1.75. The van der Waals surface area contributed by atoms with Gasteiger partial charge in [0.1, 0.15) is 23.6 Å². The van der Waals surface area contributed by atoms with Crippen LogP contribution in [0.2, 0.25) is 0 Å². The average Bonchev–Trinajstić information content (AvgIpc) is 2.98. The smallest absolute Gasteiger partial charge is 0.243 e. The highest BCUT2D eigenvalue weighted by Crippen LogP contribution is 2.31. The van der Waals surface area contributed by atoms with Gasteiger partial charge in [0.05, 0.1) is 18.2 Å². The molecule has 1 aliphatic heterocycles. The molecular formula is C31H37N5O6. The summed E-state index contributed by atoms with van der Waals surface area (Å²) in [6.07, 6.45) is -1.46. The molecule has 11 heteroatoms. The Morgan fingerprint density at radius 3 is 2.12 bits per heavy atom. The first-order valence-electron chi connectivity index (χ1n) is 13.8. The molecule has 0 fully saturated rings. The number of phenols is 2. The van der Waals surface area contributed by atoms with Crippen LogP contribution in [-0.4, -0.2) is 63.8 Å². The molecule has 0 saturated heterocycles. The number of aromatic hydroxyl groups is 2. The van der Waals surface area contributed by atoms with Crippen LogP contribution in [0.4, 0.5) is 0 Å². The summed E-state index contributed by atoms with van der Waals surface area (Å²) in [5, 5.41) is 39.6. The van der Waals surface area contributed by atoms with E-state index in [1.165, 1.54) is 12.1 Å². The van der Waals surface area contributed by atoms with Gasteiger partial charge in [-0.2, -0.15) is 0 Å². The number of aliphatic hydroxyl groups is 1. The van der Waals surface area contributed by atoms with E-state index in [1.54, 1.807) is 24.3 Å². The Hall–Kier alpha value is -4.45. The fraction of sp³-hybridized carbons (Fsp3) is 0.323. The van der Waals surface area contributed by atoms with Gasteiger partial charge in [-0.1, -0.05) is 42.5 Å². The van der Waals surface area contributed by atoms with E-state index in [9.17, 15) is 29.7 Å². The van der Waals surface area contributed by atoms with Crippen molar-refractivity contribution < 1.29 is 29.7 Å². The number of fused-ring (bicyclic) bond motifs is 5. The van der Waals surface area contributed by atoms with E-state index >= 15 is 0 Å². The topological polar surface area (TPSA) is 200 Å². The van der Waals surface area contributed by atoms with Gasteiger partial charge in [-0.05, 0) is 59.0 Å². The van der Waals surface area contributed by atoms with Crippen LogP contribution in [0.25, 0.3) is 11.1 Å². The number of aliphatic hydroxyl groups excluding tert-OH is 1. The Morgan fingerprint density at radius 1 is 0.929 bits per heavy atom. The SMILES string of the molecule is C[C@@H](NC(=O)[C@@H]1Cc2cc(ccc2O)-c2ccc(O)c(c2)C[C@H](N)C(=O)N[C@@H](C[C@@H](O)CN)C(=O)N1)c1ccccc1. The molecule has 4 bridgehead atoms. The summed E-state index contributed by atoms with van der Waals surface area (Å²) >= 11 is 0. The van der Waals surface area contributed by atoms with Gasteiger partial charge in [-0.15, -0.1) is 0 Å². The summed E-state index contributed by atoms with van der Waals surface area (Å²) in [5.41, 5.74) is 14.8. The minimum absolute atomic E-state index is 0.0351. The molecule has 0 unspecified atom stereocenters. The lowest BCUT2D eigenvalue weighted by atomic mass is 9.95. The molecular weight excluding hydrogens is 538 g/mol. The van der Waals surface area contributed by atoms with Crippen molar-refractivity contribution in [1.29, 1.82) is 0 Å². The van der Waals surface area contributed by atoms with Crippen molar-refractivity contribution in [3.8, 4) is 22.6 Å². The number of nitrogens with one attached hydrogen (secondary N) is 3. The largest absolute Gasteiger partial charge is 0.508 e. The fourth-order valence-corrected chi connectivity index (χ4v) is 4.91. The predicted molar refractivity (Wildman–Crippen MR) is 157 cm³/mol. The fourth-order valence-electron chi connectivity index (χ4n) is 4.91. The summed E-state index contributed by atoms with van der Waals surface area (Å²) in [6, 6.07) is 15.1. The molecule has 0 radical (unpaired) electrons. The Kier molecular flexibility index (Phi) is 9.79. The van der Waals surface area contributed by atoms with E-state index < -0.39 is 48.0 Å². The first-order chi connectivity index (χ1) is 20.0. The molecule has 1 heterocycles. The number of phenolic OH excluding ortho intramolecular Hbond substituents is 2. The van der Waals surface area contributed by atoms with E-state index in [4.69, 9.17) is 11.5 Å². The highest BCUT2D eigenvalue weighted by molar-refractivity contribution is 5.93. The maximum atomic E-state index is 13.6. The third-order valence-electron chi connectivity index (χ3n) is 7.40. The zero-order chi connectivity index (χ0) is 30.4. The third-order valence-corrected chi connectivity index (χ3v) is 7.40. The zero-order valence-corrected chi connectivity index (χ0v) is 23.3. The van der Waals surface area contributed by atoms with Crippen LogP contribution >= 0.6 is 0 Å². The molecule has 1 aliphatic rings. The summed E-state index contributed by atoms with van der Waals surface area (Å²) in [4.78, 5) is 40.2. The lowest BCUT2D eigenvalue weighted by Gasteiger charge is -2.26. The highest BCUT2D eigenvalue weighted by Gasteiger charge is 2.31. The standard InChI is InChI=1S/C31H37N5O6/c1-17(18-5-3-2-4-6-18)34-30(41)25-14-22-12-20(8-10-28(22)39)19-7-9-27(38)21(11-19)13-24(33)29(40)35-26(31(42)36-25)15-23(37)16-32/h2-12,17,23-26,37-39H,13-16,32-33H2,1H3,(H,34,41)(H,35,40)(H,36,42)/t17-,23-,24+,25+,26+/m1/s1. The van der Waals surface area contributed by atoms with Gasteiger partial charge in [-0.25, -0.2) is 0 Å². The number of benzene rings is 3. The number of nitrogens with two attached hydrogens (primary N) is 2. The van der Waals surface area contributed by atoms with Gasteiger partial charge in [0, 0.05) is 25.8 Å². The Labute approximate surface area is 243 Å². The van der Waals surface area contributed by atoms with Gasteiger partial charge >= 0.3 is 0 Å². The quantitative estimate of drug-likeness (QED) is 0.210. The van der Waals surface area contributed by atoms with Gasteiger partial charge in [-0.3, -0.25) is 14.4 Å². The summed E-state index contributed by atoms with van der Waals surface area (Å²) in [6.45, 7) is 1.65. The van der Waals surface area contributed by atoms with Crippen molar-refractivity contribution in [3.05, 3.63) is 83.4 Å². The zero-order valence-electron chi connectivity index (χ0n) is 23.3. The summed E-state index contributed by atoms with van der Waals surface area (Å²) in [5.74, 6) is -2.06. The molecule has 0 saturated carbocycles. The average molecular weight is 576 g/mol. The highest BCUT2D eigenvalue weighted by atomic mass is 16.3. The van der Waals surface area contributed by atoms with Crippen molar-refractivity contribution in [2.24, 2.45) is 11.5 Å². The van der Waals surface area contributed by atoms with Crippen LogP contribution in [0.1, 0.15) is 36.1 Å². The van der Waals surface area contributed by atoms with Crippen molar-refractivity contribution in [2.75, 3.05) is 6.54 Å². The van der Waals surface area contributed by atoms with Crippen LogP contribution in [0, 0.1) is 0 Å². The molecule has 0 aromatic heterocycles. The molecule has 0 aliphatic carbocycles. The number of hydrogen-bond donors (Lipinski definition) is 8. The Morgan fingerprint density at radius 2 is 1.52 bits per heavy atom. The molecule has 3 aromatic carbocycles. The van der Waals surface area contributed by atoms with Crippen LogP contribution in [-0.2, 0) is 27.2 Å². The number of rotatable bonds is 6. The first kappa shape index (κ1) is 30.5. The minimum atomic E-state index is -1.27. The maximum absolute atomic E-state index is 13.6. The molecule has 4 rings (SSSR count). The molecule has 5 atom stereocenters. The van der Waals surface area contributed by atoms with E-state index in [1.807, 2.05) is 37.3 Å². The van der Waals surface area contributed by atoms with Crippen molar-refractivity contribution >= 4 is 17.7 Å². The summed E-state index contributed by atoms with van der Waals surface area (Å²) in [7, 11) is 0. The summed E-state index contributed by atoms with van der Waals surface area (Å²) < 4.78 is 0. The Bertz CT molecular complexity index is 1430. The van der Waals surface area contributed by atoms with Crippen LogP contribution in [0.15, 0.2) is 66.7 Å². The van der Waals surface area contributed by atoms with Gasteiger partial charge in [0.2, 0.25) is 17.7 Å². The second kappa shape index (κ2) is 13.5. The second-order valence-corrected chi connectivity index (χ2v) is 10.6. The second-order valence-electron chi connectivity index (χ2n) is 10.6. The maximum Gasteiger partial charge on any atom is 0.243 e. The van der Waals surface area contributed by atoms with E-state index in [0.29, 0.717) is 22.3 Å². The molecule has 0 spiro atoms. The number of carbonyl (C=O) groups is 3. The molecule has 11 nitrogen and oxygen atoms in total. The first-order valence-corrected chi connectivity index (χ1v) is 13.8. The van der Waals surface area contributed by atoms with Crippen molar-refractivity contribution in [1.82, 2.24) is 16.0 Å².